The molecule has 0 saturated heterocycles. The van der Waals surface area contributed by atoms with Crippen LogP contribution in [0.5, 0.6) is 5.75 Å². The van der Waals surface area contributed by atoms with Crippen molar-refractivity contribution in [3.8, 4) is 5.75 Å². The molecule has 0 radical (unpaired) electrons. The number of benzene rings is 2. The maximum absolute atomic E-state index is 12.0. The Labute approximate surface area is 137 Å². The summed E-state index contributed by atoms with van der Waals surface area (Å²) in [7, 11) is 2.08. The SMILES string of the molecule is CN1CCc2ccc(NC(=O)CCCOc3ccccc3)cc21. The predicted octanol–water partition coefficient (Wildman–Crippen LogP) is 3.48. The van der Waals surface area contributed by atoms with Gasteiger partial charge in [0.2, 0.25) is 5.91 Å². The van der Waals surface area contributed by atoms with Gasteiger partial charge in [-0.25, -0.2) is 0 Å². The van der Waals surface area contributed by atoms with Crippen LogP contribution in [0, 0.1) is 0 Å². The molecule has 1 heterocycles. The van der Waals surface area contributed by atoms with Crippen molar-refractivity contribution in [3.63, 3.8) is 0 Å². The molecular weight excluding hydrogens is 288 g/mol. The van der Waals surface area contributed by atoms with Crippen molar-refractivity contribution in [2.24, 2.45) is 0 Å². The highest BCUT2D eigenvalue weighted by atomic mass is 16.5. The fourth-order valence-corrected chi connectivity index (χ4v) is 2.78. The normalized spacial score (nSPS) is 12.8. The third-order valence-electron chi connectivity index (χ3n) is 4.06. The van der Waals surface area contributed by atoms with Gasteiger partial charge in [-0.2, -0.15) is 0 Å². The molecule has 0 aromatic heterocycles. The van der Waals surface area contributed by atoms with Gasteiger partial charge >= 0.3 is 0 Å². The lowest BCUT2D eigenvalue weighted by atomic mass is 10.1. The largest absolute Gasteiger partial charge is 0.494 e. The summed E-state index contributed by atoms with van der Waals surface area (Å²) in [6.45, 7) is 1.59. The van der Waals surface area contributed by atoms with Crippen molar-refractivity contribution in [2.45, 2.75) is 19.3 Å². The number of ether oxygens (including phenoxy) is 1. The fraction of sp³-hybridized carbons (Fsp3) is 0.316. The molecule has 0 atom stereocenters. The van der Waals surface area contributed by atoms with Crippen LogP contribution in [0.25, 0.3) is 0 Å². The molecule has 4 nitrogen and oxygen atoms in total. The first kappa shape index (κ1) is 15.4. The number of anilines is 2. The Balaban J connectivity index is 1.44. The molecule has 0 aliphatic carbocycles. The summed E-state index contributed by atoms with van der Waals surface area (Å²) in [5, 5.41) is 2.97. The second-order valence-corrected chi connectivity index (χ2v) is 5.83. The summed E-state index contributed by atoms with van der Waals surface area (Å²) >= 11 is 0. The smallest absolute Gasteiger partial charge is 0.224 e. The van der Waals surface area contributed by atoms with E-state index in [1.54, 1.807) is 0 Å². The molecule has 0 unspecified atom stereocenters. The van der Waals surface area contributed by atoms with E-state index in [2.05, 4.69) is 29.4 Å². The molecule has 120 valence electrons. The Morgan fingerprint density at radius 2 is 2.04 bits per heavy atom. The number of likely N-dealkylation sites (N-methyl/N-ethyl adjacent to an activating group) is 1. The molecule has 2 aromatic carbocycles. The molecule has 0 spiro atoms. The zero-order chi connectivity index (χ0) is 16.1. The Bertz CT molecular complexity index is 670. The predicted molar refractivity (Wildman–Crippen MR) is 93.2 cm³/mol. The third kappa shape index (κ3) is 4.03. The van der Waals surface area contributed by atoms with Crippen LogP contribution >= 0.6 is 0 Å². The number of fused-ring (bicyclic) bond motifs is 1. The van der Waals surface area contributed by atoms with Gasteiger partial charge in [0.1, 0.15) is 5.75 Å². The van der Waals surface area contributed by atoms with Crippen LogP contribution in [0.3, 0.4) is 0 Å². The van der Waals surface area contributed by atoms with Gasteiger partial charge < -0.3 is 15.0 Å². The lowest BCUT2D eigenvalue weighted by Gasteiger charge is -2.13. The summed E-state index contributed by atoms with van der Waals surface area (Å²) in [6.07, 6.45) is 2.24. The van der Waals surface area contributed by atoms with Crippen molar-refractivity contribution in [3.05, 3.63) is 54.1 Å². The number of rotatable bonds is 6. The molecule has 1 aliphatic rings. The van der Waals surface area contributed by atoms with Gasteiger partial charge in [-0.15, -0.1) is 0 Å². The van der Waals surface area contributed by atoms with Crippen LogP contribution in [0.1, 0.15) is 18.4 Å². The Morgan fingerprint density at radius 3 is 2.87 bits per heavy atom. The molecule has 0 saturated carbocycles. The maximum atomic E-state index is 12.0. The highest BCUT2D eigenvalue weighted by Gasteiger charge is 2.16. The van der Waals surface area contributed by atoms with Gasteiger partial charge in [0, 0.05) is 31.4 Å². The number of nitrogens with one attached hydrogen (secondary N) is 1. The van der Waals surface area contributed by atoms with E-state index < -0.39 is 0 Å². The quantitative estimate of drug-likeness (QED) is 0.831. The number of carbonyl (C=O) groups is 1. The number of hydrogen-bond acceptors (Lipinski definition) is 3. The maximum Gasteiger partial charge on any atom is 0.224 e. The van der Waals surface area contributed by atoms with E-state index in [9.17, 15) is 4.79 Å². The summed E-state index contributed by atoms with van der Waals surface area (Å²) in [5.41, 5.74) is 3.43. The summed E-state index contributed by atoms with van der Waals surface area (Å²) in [4.78, 5) is 14.2. The van der Waals surface area contributed by atoms with E-state index >= 15 is 0 Å². The van der Waals surface area contributed by atoms with Gasteiger partial charge in [0.25, 0.3) is 0 Å². The number of carbonyl (C=O) groups excluding carboxylic acids is 1. The average Bonchev–Trinajstić information content (AvgIpc) is 2.94. The van der Waals surface area contributed by atoms with Gasteiger partial charge in [0.05, 0.1) is 6.61 Å². The molecule has 0 fully saturated rings. The van der Waals surface area contributed by atoms with E-state index in [1.807, 2.05) is 36.4 Å². The second kappa shape index (κ2) is 7.18. The second-order valence-electron chi connectivity index (χ2n) is 5.83. The zero-order valence-corrected chi connectivity index (χ0v) is 13.4. The average molecular weight is 310 g/mol. The molecule has 1 amide bonds. The standard InChI is InChI=1S/C19H22N2O2/c1-21-12-11-15-9-10-16(14-18(15)21)20-19(22)8-5-13-23-17-6-3-2-4-7-17/h2-4,6-7,9-10,14H,5,8,11-13H2,1H3,(H,20,22). The number of nitrogens with zero attached hydrogens (tertiary/aromatic N) is 1. The first-order valence-electron chi connectivity index (χ1n) is 8.04. The highest BCUT2D eigenvalue weighted by Crippen LogP contribution is 2.29. The number of amides is 1. The van der Waals surface area contributed by atoms with Crippen LogP contribution in [-0.2, 0) is 11.2 Å². The molecular formula is C19H22N2O2. The van der Waals surface area contributed by atoms with E-state index in [-0.39, 0.29) is 5.91 Å². The molecule has 2 aromatic rings. The summed E-state index contributed by atoms with van der Waals surface area (Å²) in [5.74, 6) is 0.872. The highest BCUT2D eigenvalue weighted by molar-refractivity contribution is 5.91. The topological polar surface area (TPSA) is 41.6 Å². The van der Waals surface area contributed by atoms with Crippen LogP contribution in [0.2, 0.25) is 0 Å². The molecule has 1 N–H and O–H groups in total. The van der Waals surface area contributed by atoms with Crippen molar-refractivity contribution in [1.29, 1.82) is 0 Å². The minimum atomic E-state index is 0.0299. The fourth-order valence-electron chi connectivity index (χ4n) is 2.78. The monoisotopic (exact) mass is 310 g/mol. The van der Waals surface area contributed by atoms with Crippen molar-refractivity contribution >= 4 is 17.3 Å². The van der Waals surface area contributed by atoms with Crippen LogP contribution in [0.4, 0.5) is 11.4 Å². The Kier molecular flexibility index (Phi) is 4.81. The van der Waals surface area contributed by atoms with Gasteiger partial charge in [-0.1, -0.05) is 24.3 Å². The van der Waals surface area contributed by atoms with Gasteiger partial charge in [0.15, 0.2) is 0 Å². The molecule has 0 bridgehead atoms. The van der Waals surface area contributed by atoms with Gasteiger partial charge in [-0.05, 0) is 42.7 Å². The number of para-hydroxylation sites is 1. The number of hydrogen-bond donors (Lipinski definition) is 1. The lowest BCUT2D eigenvalue weighted by molar-refractivity contribution is -0.116. The van der Waals surface area contributed by atoms with Gasteiger partial charge in [-0.3, -0.25) is 4.79 Å². The zero-order valence-electron chi connectivity index (χ0n) is 13.4. The van der Waals surface area contributed by atoms with Crippen LogP contribution < -0.4 is 15.0 Å². The molecule has 4 heteroatoms. The van der Waals surface area contributed by atoms with Crippen molar-refractivity contribution in [1.82, 2.24) is 0 Å². The minimum absolute atomic E-state index is 0.0299. The van der Waals surface area contributed by atoms with E-state index in [0.717, 1.165) is 24.4 Å². The van der Waals surface area contributed by atoms with Crippen molar-refractivity contribution in [2.75, 3.05) is 30.4 Å². The molecule has 23 heavy (non-hydrogen) atoms. The van der Waals surface area contributed by atoms with E-state index in [0.29, 0.717) is 19.4 Å². The first-order chi connectivity index (χ1) is 11.2. The summed E-state index contributed by atoms with van der Waals surface area (Å²) in [6, 6.07) is 15.8. The van der Waals surface area contributed by atoms with Crippen molar-refractivity contribution < 1.29 is 9.53 Å². The molecule has 1 aliphatic heterocycles. The Morgan fingerprint density at radius 1 is 1.22 bits per heavy atom. The lowest BCUT2D eigenvalue weighted by Crippen LogP contribution is -2.14. The minimum Gasteiger partial charge on any atom is -0.494 e. The van der Waals surface area contributed by atoms with Crippen LogP contribution in [-0.4, -0.2) is 26.1 Å². The third-order valence-corrected chi connectivity index (χ3v) is 4.06. The van der Waals surface area contributed by atoms with Crippen LogP contribution in [0.15, 0.2) is 48.5 Å². The summed E-state index contributed by atoms with van der Waals surface area (Å²) < 4.78 is 5.59. The van der Waals surface area contributed by atoms with E-state index in [1.165, 1.54) is 11.3 Å². The Hall–Kier alpha value is -2.49. The first-order valence-corrected chi connectivity index (χ1v) is 8.04. The van der Waals surface area contributed by atoms with E-state index in [4.69, 9.17) is 4.74 Å². The molecule has 3 rings (SSSR count).